The van der Waals surface area contributed by atoms with Crippen molar-refractivity contribution in [3.8, 4) is 0 Å². The summed E-state index contributed by atoms with van der Waals surface area (Å²) in [6.07, 6.45) is -0.585. The number of carboxylic acid groups (broad SMARTS) is 1. The summed E-state index contributed by atoms with van der Waals surface area (Å²) in [6, 6.07) is 9.19. The van der Waals surface area contributed by atoms with Crippen LogP contribution in [-0.2, 0) is 14.8 Å². The first kappa shape index (κ1) is 17.4. The fourth-order valence-electron chi connectivity index (χ4n) is 1.96. The van der Waals surface area contributed by atoms with Gasteiger partial charge in [0.15, 0.2) is 0 Å². The van der Waals surface area contributed by atoms with E-state index in [9.17, 15) is 22.7 Å². The van der Waals surface area contributed by atoms with Crippen LogP contribution in [0.4, 0.5) is 4.39 Å². The number of nitrogens with one attached hydrogen (secondary N) is 1. The van der Waals surface area contributed by atoms with Gasteiger partial charge in [0.05, 0.1) is 10.9 Å². The summed E-state index contributed by atoms with van der Waals surface area (Å²) in [5.74, 6) is -1.94. The van der Waals surface area contributed by atoms with Gasteiger partial charge >= 0.3 is 0 Å². The van der Waals surface area contributed by atoms with Crippen molar-refractivity contribution < 1.29 is 22.7 Å². The lowest BCUT2D eigenvalue weighted by molar-refractivity contribution is -0.306. The molecule has 0 aliphatic rings. The van der Waals surface area contributed by atoms with Crippen molar-refractivity contribution in [3.63, 3.8) is 0 Å². The second kappa shape index (κ2) is 7.08. The minimum Gasteiger partial charge on any atom is -0.550 e. The molecule has 1 N–H and O–H groups in total. The number of halogens is 2. The Kier molecular flexibility index (Phi) is 5.35. The van der Waals surface area contributed by atoms with Crippen LogP contribution in [0, 0.1) is 5.82 Å². The van der Waals surface area contributed by atoms with Gasteiger partial charge in [-0.15, -0.1) is 0 Å². The van der Waals surface area contributed by atoms with Crippen molar-refractivity contribution in [1.82, 2.24) is 4.72 Å². The Labute approximate surface area is 137 Å². The summed E-state index contributed by atoms with van der Waals surface area (Å²) >= 11 is 5.71. The van der Waals surface area contributed by atoms with Crippen LogP contribution in [-0.4, -0.2) is 14.4 Å². The van der Waals surface area contributed by atoms with E-state index in [0.29, 0.717) is 10.6 Å². The van der Waals surface area contributed by atoms with E-state index in [1.807, 2.05) is 0 Å². The highest BCUT2D eigenvalue weighted by atomic mass is 35.5. The summed E-state index contributed by atoms with van der Waals surface area (Å²) < 4.78 is 39.9. The first-order valence-corrected chi connectivity index (χ1v) is 8.37. The first-order chi connectivity index (χ1) is 10.8. The quantitative estimate of drug-likeness (QED) is 0.852. The van der Waals surface area contributed by atoms with Crippen molar-refractivity contribution in [3.05, 3.63) is 64.9 Å². The van der Waals surface area contributed by atoms with Crippen molar-refractivity contribution in [2.75, 3.05) is 0 Å². The molecule has 0 radical (unpaired) electrons. The topological polar surface area (TPSA) is 86.3 Å². The zero-order chi connectivity index (χ0) is 17.0. The number of carbonyl (C=O) groups excluding carboxylic acids is 1. The second-order valence-electron chi connectivity index (χ2n) is 4.76. The summed E-state index contributed by atoms with van der Waals surface area (Å²) in [4.78, 5) is 10.8. The van der Waals surface area contributed by atoms with E-state index in [-0.39, 0.29) is 4.90 Å². The Morgan fingerprint density at radius 1 is 1.13 bits per heavy atom. The molecule has 0 fully saturated rings. The number of benzene rings is 2. The molecule has 1 atom stereocenters. The van der Waals surface area contributed by atoms with E-state index in [4.69, 9.17) is 11.6 Å². The molecule has 0 aliphatic heterocycles. The Balaban J connectivity index is 2.31. The molecule has 8 heteroatoms. The van der Waals surface area contributed by atoms with E-state index < -0.39 is 34.3 Å². The summed E-state index contributed by atoms with van der Waals surface area (Å²) in [6.45, 7) is 0. The van der Waals surface area contributed by atoms with E-state index >= 15 is 0 Å². The van der Waals surface area contributed by atoms with Gasteiger partial charge in [-0.2, -0.15) is 0 Å². The molecule has 0 aromatic heterocycles. The van der Waals surface area contributed by atoms with Crippen LogP contribution in [0.15, 0.2) is 53.4 Å². The Morgan fingerprint density at radius 2 is 1.70 bits per heavy atom. The maximum Gasteiger partial charge on any atom is 0.241 e. The molecule has 2 aromatic carbocycles. The molecule has 0 bridgehead atoms. The molecule has 0 saturated heterocycles. The van der Waals surface area contributed by atoms with Crippen LogP contribution in [0.2, 0.25) is 5.02 Å². The lowest BCUT2D eigenvalue weighted by atomic mass is 10.1. The molecule has 2 aromatic rings. The third kappa shape index (κ3) is 4.75. The highest BCUT2D eigenvalue weighted by molar-refractivity contribution is 7.89. The molecule has 0 heterocycles. The fourth-order valence-corrected chi connectivity index (χ4v) is 3.31. The maximum absolute atomic E-state index is 13.0. The van der Waals surface area contributed by atoms with Crippen LogP contribution >= 0.6 is 11.6 Å². The molecule has 0 unspecified atom stereocenters. The highest BCUT2D eigenvalue weighted by Gasteiger charge is 2.21. The smallest absolute Gasteiger partial charge is 0.241 e. The number of aliphatic carboxylic acids is 1. The Hall–Kier alpha value is -1.96. The highest BCUT2D eigenvalue weighted by Crippen LogP contribution is 2.21. The third-order valence-electron chi connectivity index (χ3n) is 3.06. The van der Waals surface area contributed by atoms with Gasteiger partial charge < -0.3 is 9.90 Å². The first-order valence-electron chi connectivity index (χ1n) is 6.51. The Bertz CT molecular complexity index is 791. The number of sulfonamides is 1. The minimum absolute atomic E-state index is 0.0626. The molecule has 2 rings (SSSR count). The lowest BCUT2D eigenvalue weighted by Gasteiger charge is -2.20. The van der Waals surface area contributed by atoms with Crippen molar-refractivity contribution in [2.45, 2.75) is 17.4 Å². The minimum atomic E-state index is -3.97. The molecule has 122 valence electrons. The molecular weight excluding hydrogens is 345 g/mol. The van der Waals surface area contributed by atoms with Gasteiger partial charge in [-0.05, 0) is 42.0 Å². The molecule has 0 aliphatic carbocycles. The van der Waals surface area contributed by atoms with Crippen molar-refractivity contribution >= 4 is 27.6 Å². The zero-order valence-corrected chi connectivity index (χ0v) is 13.3. The molecular formula is C15H12ClFNO4S-. The number of rotatable bonds is 6. The van der Waals surface area contributed by atoms with Gasteiger partial charge in [0.25, 0.3) is 0 Å². The predicted molar refractivity (Wildman–Crippen MR) is 80.5 cm³/mol. The van der Waals surface area contributed by atoms with Crippen LogP contribution in [0.25, 0.3) is 0 Å². The van der Waals surface area contributed by atoms with Crippen LogP contribution in [0.1, 0.15) is 18.0 Å². The van der Waals surface area contributed by atoms with E-state index in [1.54, 1.807) is 0 Å². The number of hydrogen-bond acceptors (Lipinski definition) is 4. The lowest BCUT2D eigenvalue weighted by Crippen LogP contribution is -2.34. The predicted octanol–water partition coefficient (Wildman–Crippen LogP) is 1.64. The average molecular weight is 357 g/mol. The second-order valence-corrected chi connectivity index (χ2v) is 6.91. The van der Waals surface area contributed by atoms with Crippen LogP contribution in [0.5, 0.6) is 0 Å². The van der Waals surface area contributed by atoms with Gasteiger partial charge in [-0.25, -0.2) is 17.5 Å². The summed E-state index contributed by atoms with van der Waals surface area (Å²) in [7, 11) is -3.97. The standard InChI is InChI=1S/C15H13ClFNO4S/c16-11-3-7-13(8-4-11)23(21,22)18-14(9-15(19)20)10-1-5-12(17)6-2-10/h1-8,14,18H,9H2,(H,19,20)/p-1/t14-/m0/s1. The van der Waals surface area contributed by atoms with Crippen LogP contribution in [0.3, 0.4) is 0 Å². The summed E-state index contributed by atoms with van der Waals surface area (Å²) in [5.41, 5.74) is 0.313. The molecule has 5 nitrogen and oxygen atoms in total. The number of hydrogen-bond donors (Lipinski definition) is 1. The number of carboxylic acids is 1. The Morgan fingerprint density at radius 3 is 2.22 bits per heavy atom. The fraction of sp³-hybridized carbons (Fsp3) is 0.133. The van der Waals surface area contributed by atoms with Gasteiger partial charge in [0.1, 0.15) is 5.82 Å². The monoisotopic (exact) mass is 356 g/mol. The average Bonchev–Trinajstić information content (AvgIpc) is 2.47. The largest absolute Gasteiger partial charge is 0.550 e. The molecule has 0 saturated carbocycles. The number of carbonyl (C=O) groups is 1. The van der Waals surface area contributed by atoms with Gasteiger partial charge in [0, 0.05) is 17.4 Å². The van der Waals surface area contributed by atoms with E-state index in [2.05, 4.69) is 4.72 Å². The van der Waals surface area contributed by atoms with Crippen molar-refractivity contribution in [2.24, 2.45) is 0 Å². The zero-order valence-electron chi connectivity index (χ0n) is 11.7. The van der Waals surface area contributed by atoms with Gasteiger partial charge in [-0.3, -0.25) is 0 Å². The van der Waals surface area contributed by atoms with E-state index in [1.165, 1.54) is 36.4 Å². The summed E-state index contributed by atoms with van der Waals surface area (Å²) in [5, 5.41) is 11.2. The van der Waals surface area contributed by atoms with Crippen molar-refractivity contribution in [1.29, 1.82) is 0 Å². The van der Waals surface area contributed by atoms with Gasteiger partial charge in [-0.1, -0.05) is 23.7 Å². The SMILES string of the molecule is O=C([O-])C[C@H](NS(=O)(=O)c1ccc(Cl)cc1)c1ccc(F)cc1. The maximum atomic E-state index is 13.0. The van der Waals surface area contributed by atoms with Gasteiger partial charge in [0.2, 0.25) is 10.0 Å². The third-order valence-corrected chi connectivity index (χ3v) is 4.80. The van der Waals surface area contributed by atoms with E-state index in [0.717, 1.165) is 12.1 Å². The molecule has 0 spiro atoms. The van der Waals surface area contributed by atoms with Crippen LogP contribution < -0.4 is 9.83 Å². The molecule has 0 amide bonds. The normalized spacial score (nSPS) is 12.8. The molecule has 23 heavy (non-hydrogen) atoms.